The van der Waals surface area contributed by atoms with Gasteiger partial charge in [-0.05, 0) is 38.3 Å². The van der Waals surface area contributed by atoms with Crippen LogP contribution in [0.5, 0.6) is 0 Å². The Balaban J connectivity index is 2.09. The number of nitro benzene ring substituents is 1. The van der Waals surface area contributed by atoms with E-state index >= 15 is 0 Å². The highest BCUT2D eigenvalue weighted by molar-refractivity contribution is 5.95. The predicted octanol–water partition coefficient (Wildman–Crippen LogP) is 2.95. The molecule has 0 radical (unpaired) electrons. The van der Waals surface area contributed by atoms with Gasteiger partial charge in [0.05, 0.1) is 4.92 Å². The first-order valence-electron chi connectivity index (χ1n) is 7.30. The molecule has 2 rings (SSSR count). The molecule has 1 aromatic rings. The third-order valence-corrected chi connectivity index (χ3v) is 3.44. The third kappa shape index (κ3) is 4.44. The Labute approximate surface area is 124 Å². The fourth-order valence-corrected chi connectivity index (χ4v) is 2.14. The molecular weight excluding hydrogens is 270 g/mol. The molecule has 1 fully saturated rings. The van der Waals surface area contributed by atoms with Crippen LogP contribution in [0.1, 0.15) is 43.5 Å². The number of nitro groups is 1. The van der Waals surface area contributed by atoms with Crippen LogP contribution in [0.15, 0.2) is 18.2 Å². The molecule has 1 aliphatic rings. The molecule has 21 heavy (non-hydrogen) atoms. The summed E-state index contributed by atoms with van der Waals surface area (Å²) in [7, 11) is 0. The van der Waals surface area contributed by atoms with Gasteiger partial charge in [-0.3, -0.25) is 14.9 Å². The third-order valence-electron chi connectivity index (χ3n) is 3.44. The molecule has 0 heterocycles. The Morgan fingerprint density at radius 1 is 1.43 bits per heavy atom. The number of carbonyl (C=O) groups is 1. The van der Waals surface area contributed by atoms with Crippen LogP contribution < -0.4 is 10.6 Å². The van der Waals surface area contributed by atoms with Crippen molar-refractivity contribution in [3.8, 4) is 0 Å². The first kappa shape index (κ1) is 15.3. The standard InChI is InChI=1S/C15H21N3O3/c1-10(2)17-15(19)12-5-6-13(14(9-12)18(20)21)16-8-7-11-3-4-11/h5-6,9-11,16H,3-4,7-8H2,1-2H3,(H,17,19). The molecular formula is C15H21N3O3. The molecule has 0 aromatic heterocycles. The summed E-state index contributed by atoms with van der Waals surface area (Å²) in [5.41, 5.74) is 0.729. The quantitative estimate of drug-likeness (QED) is 0.597. The summed E-state index contributed by atoms with van der Waals surface area (Å²) in [4.78, 5) is 22.6. The van der Waals surface area contributed by atoms with E-state index in [0.717, 1.165) is 18.9 Å². The second kappa shape index (κ2) is 6.56. The van der Waals surface area contributed by atoms with Gasteiger partial charge in [-0.15, -0.1) is 0 Å². The van der Waals surface area contributed by atoms with Gasteiger partial charge in [0.2, 0.25) is 0 Å². The number of nitrogens with zero attached hydrogens (tertiary/aromatic N) is 1. The van der Waals surface area contributed by atoms with Crippen molar-refractivity contribution in [2.45, 2.75) is 39.2 Å². The number of nitrogens with one attached hydrogen (secondary N) is 2. The zero-order valence-corrected chi connectivity index (χ0v) is 12.4. The van der Waals surface area contributed by atoms with Crippen molar-refractivity contribution in [3.05, 3.63) is 33.9 Å². The maximum absolute atomic E-state index is 11.9. The molecule has 6 nitrogen and oxygen atoms in total. The maximum Gasteiger partial charge on any atom is 0.293 e. The topological polar surface area (TPSA) is 84.3 Å². The van der Waals surface area contributed by atoms with Crippen LogP contribution in [0.2, 0.25) is 0 Å². The molecule has 1 aromatic carbocycles. The SMILES string of the molecule is CC(C)NC(=O)c1ccc(NCCC2CC2)c([N+](=O)[O-])c1. The van der Waals surface area contributed by atoms with E-state index in [0.29, 0.717) is 11.3 Å². The minimum atomic E-state index is -0.453. The van der Waals surface area contributed by atoms with Crippen LogP contribution in [0.25, 0.3) is 0 Å². The fourth-order valence-electron chi connectivity index (χ4n) is 2.14. The van der Waals surface area contributed by atoms with Gasteiger partial charge < -0.3 is 10.6 Å². The lowest BCUT2D eigenvalue weighted by Gasteiger charge is -2.10. The molecule has 114 valence electrons. The van der Waals surface area contributed by atoms with Gasteiger partial charge in [-0.25, -0.2) is 0 Å². The van der Waals surface area contributed by atoms with Gasteiger partial charge >= 0.3 is 0 Å². The lowest BCUT2D eigenvalue weighted by molar-refractivity contribution is -0.384. The molecule has 6 heteroatoms. The molecule has 0 unspecified atom stereocenters. The molecule has 1 aliphatic carbocycles. The number of carbonyl (C=O) groups excluding carboxylic acids is 1. The van der Waals surface area contributed by atoms with Crippen LogP contribution in [0, 0.1) is 16.0 Å². The molecule has 0 bridgehead atoms. The molecule has 2 N–H and O–H groups in total. The van der Waals surface area contributed by atoms with Crippen molar-refractivity contribution in [2.24, 2.45) is 5.92 Å². The van der Waals surface area contributed by atoms with E-state index < -0.39 is 4.92 Å². The lowest BCUT2D eigenvalue weighted by atomic mass is 10.1. The van der Waals surface area contributed by atoms with Gasteiger partial charge in [0.1, 0.15) is 5.69 Å². The Bertz CT molecular complexity index is 539. The van der Waals surface area contributed by atoms with Gasteiger partial charge in [0, 0.05) is 24.2 Å². The van der Waals surface area contributed by atoms with Crippen LogP contribution in [-0.2, 0) is 0 Å². The second-order valence-corrected chi connectivity index (χ2v) is 5.78. The number of amides is 1. The number of hydrogen-bond acceptors (Lipinski definition) is 4. The van der Waals surface area contributed by atoms with Gasteiger partial charge in [0.15, 0.2) is 0 Å². The lowest BCUT2D eigenvalue weighted by Crippen LogP contribution is -2.30. The van der Waals surface area contributed by atoms with E-state index in [1.807, 2.05) is 13.8 Å². The van der Waals surface area contributed by atoms with Crippen molar-refractivity contribution in [1.29, 1.82) is 0 Å². The summed E-state index contributed by atoms with van der Waals surface area (Å²) >= 11 is 0. The van der Waals surface area contributed by atoms with E-state index in [1.165, 1.54) is 18.9 Å². The van der Waals surface area contributed by atoms with Crippen LogP contribution in [-0.4, -0.2) is 23.4 Å². The highest BCUT2D eigenvalue weighted by Crippen LogP contribution is 2.33. The first-order valence-corrected chi connectivity index (χ1v) is 7.30. The van der Waals surface area contributed by atoms with E-state index in [4.69, 9.17) is 0 Å². The predicted molar refractivity (Wildman–Crippen MR) is 81.5 cm³/mol. The number of rotatable bonds is 7. The average Bonchev–Trinajstić information content (AvgIpc) is 3.22. The average molecular weight is 291 g/mol. The first-order chi connectivity index (χ1) is 9.97. The maximum atomic E-state index is 11.9. The van der Waals surface area contributed by atoms with E-state index in [1.54, 1.807) is 12.1 Å². The molecule has 0 saturated heterocycles. The molecule has 0 spiro atoms. The molecule has 1 amide bonds. The highest BCUT2D eigenvalue weighted by Gasteiger charge is 2.22. The summed E-state index contributed by atoms with van der Waals surface area (Å²) in [5, 5.41) is 17.0. The van der Waals surface area contributed by atoms with Crippen molar-refractivity contribution < 1.29 is 9.72 Å². The Morgan fingerprint density at radius 2 is 2.14 bits per heavy atom. The van der Waals surface area contributed by atoms with E-state index in [9.17, 15) is 14.9 Å². The summed E-state index contributed by atoms with van der Waals surface area (Å²) in [6.45, 7) is 4.42. The van der Waals surface area contributed by atoms with Gasteiger partial charge in [-0.2, -0.15) is 0 Å². The smallest absolute Gasteiger partial charge is 0.293 e. The zero-order valence-electron chi connectivity index (χ0n) is 12.4. The van der Waals surface area contributed by atoms with Crippen LogP contribution in [0.3, 0.4) is 0 Å². The Hall–Kier alpha value is -2.11. The van der Waals surface area contributed by atoms with Crippen LogP contribution in [0.4, 0.5) is 11.4 Å². The molecule has 1 saturated carbocycles. The Kier molecular flexibility index (Phi) is 4.77. The minimum Gasteiger partial charge on any atom is -0.379 e. The van der Waals surface area contributed by atoms with Gasteiger partial charge in [-0.1, -0.05) is 12.8 Å². The molecule has 0 atom stereocenters. The summed E-state index contributed by atoms with van der Waals surface area (Å²) < 4.78 is 0. The van der Waals surface area contributed by atoms with Crippen LogP contribution >= 0.6 is 0 Å². The van der Waals surface area contributed by atoms with Crippen molar-refractivity contribution in [1.82, 2.24) is 5.32 Å². The zero-order chi connectivity index (χ0) is 15.4. The van der Waals surface area contributed by atoms with E-state index in [-0.39, 0.29) is 17.6 Å². The van der Waals surface area contributed by atoms with Crippen molar-refractivity contribution in [2.75, 3.05) is 11.9 Å². The summed E-state index contributed by atoms with van der Waals surface area (Å²) in [6.07, 6.45) is 3.56. The monoisotopic (exact) mass is 291 g/mol. The minimum absolute atomic E-state index is 0.00657. The number of benzene rings is 1. The molecule has 0 aliphatic heterocycles. The van der Waals surface area contributed by atoms with E-state index in [2.05, 4.69) is 10.6 Å². The Morgan fingerprint density at radius 3 is 2.71 bits per heavy atom. The summed E-state index contributed by atoms with van der Waals surface area (Å²) in [5.74, 6) is 0.477. The van der Waals surface area contributed by atoms with Crippen molar-refractivity contribution in [3.63, 3.8) is 0 Å². The van der Waals surface area contributed by atoms with Crippen molar-refractivity contribution >= 4 is 17.3 Å². The number of hydrogen-bond donors (Lipinski definition) is 2. The largest absolute Gasteiger partial charge is 0.379 e. The normalized spacial score (nSPS) is 14.0. The second-order valence-electron chi connectivity index (χ2n) is 5.78. The number of anilines is 1. The summed E-state index contributed by atoms with van der Waals surface area (Å²) in [6, 6.07) is 4.55. The van der Waals surface area contributed by atoms with Gasteiger partial charge in [0.25, 0.3) is 11.6 Å². The highest BCUT2D eigenvalue weighted by atomic mass is 16.6. The fraction of sp³-hybridized carbons (Fsp3) is 0.533.